The lowest BCUT2D eigenvalue weighted by Crippen LogP contribution is -2.36. The van der Waals surface area contributed by atoms with Crippen molar-refractivity contribution in [3.63, 3.8) is 0 Å². The van der Waals surface area contributed by atoms with Crippen molar-refractivity contribution >= 4 is 5.91 Å². The maximum Gasteiger partial charge on any atom is 0.233 e. The Labute approximate surface area is 102 Å². The van der Waals surface area contributed by atoms with E-state index in [2.05, 4.69) is 21.7 Å². The van der Waals surface area contributed by atoms with Gasteiger partial charge in [-0.05, 0) is 37.8 Å². The molecular formula is C13H19N3O. The fraction of sp³-hybridized carbons (Fsp3) is 0.538. The number of nitrogens with one attached hydrogen (secondary N) is 2. The molecule has 2 N–H and O–H groups in total. The molecule has 0 fully saturated rings. The van der Waals surface area contributed by atoms with Gasteiger partial charge in [-0.25, -0.2) is 0 Å². The lowest BCUT2D eigenvalue weighted by atomic mass is 9.92. The summed E-state index contributed by atoms with van der Waals surface area (Å²) in [5.74, 6) is 0.0514. The second-order valence-electron chi connectivity index (χ2n) is 4.33. The standard InChI is InChI=1S/C13H19N3O/c1-2-14-12(17)9-16-11-7-3-5-10-6-4-8-15-13(10)11/h4,6,8,11,16H,2-3,5,7,9H2,1H3,(H,14,17). The monoisotopic (exact) mass is 233 g/mol. The Hall–Kier alpha value is -1.42. The average Bonchev–Trinajstić information content (AvgIpc) is 2.36. The van der Waals surface area contributed by atoms with Crippen molar-refractivity contribution < 1.29 is 4.79 Å². The van der Waals surface area contributed by atoms with Gasteiger partial charge in [0.2, 0.25) is 5.91 Å². The van der Waals surface area contributed by atoms with Gasteiger partial charge < -0.3 is 10.6 Å². The zero-order chi connectivity index (χ0) is 12.1. The van der Waals surface area contributed by atoms with Crippen LogP contribution in [0.5, 0.6) is 0 Å². The van der Waals surface area contributed by atoms with E-state index in [1.54, 1.807) is 0 Å². The molecule has 0 bridgehead atoms. The molecule has 4 heteroatoms. The molecule has 1 heterocycles. The highest BCUT2D eigenvalue weighted by atomic mass is 16.1. The van der Waals surface area contributed by atoms with Crippen LogP contribution in [0.2, 0.25) is 0 Å². The van der Waals surface area contributed by atoms with Crippen LogP contribution >= 0.6 is 0 Å². The third kappa shape index (κ3) is 3.03. The predicted molar refractivity (Wildman–Crippen MR) is 66.6 cm³/mol. The van der Waals surface area contributed by atoms with Crippen LogP contribution in [-0.4, -0.2) is 24.0 Å². The lowest BCUT2D eigenvalue weighted by Gasteiger charge is -2.24. The Morgan fingerprint density at radius 2 is 2.47 bits per heavy atom. The van der Waals surface area contributed by atoms with Gasteiger partial charge in [-0.1, -0.05) is 6.07 Å². The molecule has 1 aromatic heterocycles. The minimum absolute atomic E-state index is 0.0514. The summed E-state index contributed by atoms with van der Waals surface area (Å²) in [4.78, 5) is 15.8. The number of hydrogen-bond acceptors (Lipinski definition) is 3. The SMILES string of the molecule is CCNC(=O)CNC1CCCc2cccnc21. The van der Waals surface area contributed by atoms with Crippen LogP contribution in [0, 0.1) is 0 Å². The van der Waals surface area contributed by atoms with Crippen molar-refractivity contribution in [3.8, 4) is 0 Å². The van der Waals surface area contributed by atoms with Crippen molar-refractivity contribution in [2.75, 3.05) is 13.1 Å². The molecule has 0 saturated heterocycles. The highest BCUT2D eigenvalue weighted by molar-refractivity contribution is 5.77. The molecule has 1 amide bonds. The summed E-state index contributed by atoms with van der Waals surface area (Å²) in [6.07, 6.45) is 5.14. The number of hydrogen-bond donors (Lipinski definition) is 2. The van der Waals surface area contributed by atoms with Gasteiger partial charge in [-0.2, -0.15) is 0 Å². The fourth-order valence-electron chi connectivity index (χ4n) is 2.28. The Bertz CT molecular complexity index is 392. The van der Waals surface area contributed by atoms with Crippen LogP contribution in [-0.2, 0) is 11.2 Å². The Balaban J connectivity index is 1.97. The number of carbonyl (C=O) groups excluding carboxylic acids is 1. The first-order chi connectivity index (χ1) is 8.31. The number of pyridine rings is 1. The van der Waals surface area contributed by atoms with E-state index >= 15 is 0 Å². The maximum absolute atomic E-state index is 11.4. The molecule has 0 spiro atoms. The van der Waals surface area contributed by atoms with E-state index in [1.807, 2.05) is 19.2 Å². The van der Waals surface area contributed by atoms with E-state index in [-0.39, 0.29) is 11.9 Å². The predicted octanol–water partition coefficient (Wildman–Crippen LogP) is 1.18. The van der Waals surface area contributed by atoms with Crippen LogP contribution in [0.1, 0.15) is 37.1 Å². The van der Waals surface area contributed by atoms with E-state index in [1.165, 1.54) is 5.56 Å². The first-order valence-corrected chi connectivity index (χ1v) is 6.25. The topological polar surface area (TPSA) is 54.0 Å². The lowest BCUT2D eigenvalue weighted by molar-refractivity contribution is -0.120. The Kier molecular flexibility index (Phi) is 4.09. The van der Waals surface area contributed by atoms with Gasteiger partial charge >= 0.3 is 0 Å². The molecule has 1 aliphatic rings. The minimum atomic E-state index is 0.0514. The van der Waals surface area contributed by atoms with Crippen LogP contribution in [0.3, 0.4) is 0 Å². The summed E-state index contributed by atoms with van der Waals surface area (Å²) in [6.45, 7) is 2.98. The zero-order valence-electron chi connectivity index (χ0n) is 10.2. The summed E-state index contributed by atoms with van der Waals surface area (Å²) in [5.41, 5.74) is 2.43. The third-order valence-corrected chi connectivity index (χ3v) is 3.08. The third-order valence-electron chi connectivity index (χ3n) is 3.08. The smallest absolute Gasteiger partial charge is 0.233 e. The van der Waals surface area contributed by atoms with E-state index in [9.17, 15) is 4.79 Å². The van der Waals surface area contributed by atoms with Gasteiger partial charge in [0.15, 0.2) is 0 Å². The summed E-state index contributed by atoms with van der Waals surface area (Å²) >= 11 is 0. The normalized spacial score (nSPS) is 18.5. The Morgan fingerprint density at radius 1 is 1.59 bits per heavy atom. The molecular weight excluding hydrogens is 214 g/mol. The second-order valence-corrected chi connectivity index (χ2v) is 4.33. The minimum Gasteiger partial charge on any atom is -0.355 e. The zero-order valence-corrected chi connectivity index (χ0v) is 10.2. The molecule has 1 aromatic rings. The van der Waals surface area contributed by atoms with Gasteiger partial charge in [0, 0.05) is 12.7 Å². The number of fused-ring (bicyclic) bond motifs is 1. The highest BCUT2D eigenvalue weighted by Crippen LogP contribution is 2.27. The Morgan fingerprint density at radius 3 is 3.29 bits per heavy atom. The first-order valence-electron chi connectivity index (χ1n) is 6.25. The van der Waals surface area contributed by atoms with Crippen molar-refractivity contribution in [1.82, 2.24) is 15.6 Å². The van der Waals surface area contributed by atoms with Gasteiger partial charge in [0.05, 0.1) is 18.3 Å². The molecule has 0 aromatic carbocycles. The molecule has 2 rings (SSSR count). The molecule has 0 radical (unpaired) electrons. The van der Waals surface area contributed by atoms with Gasteiger partial charge in [0.1, 0.15) is 0 Å². The summed E-state index contributed by atoms with van der Waals surface area (Å²) < 4.78 is 0. The van der Waals surface area contributed by atoms with E-state index in [4.69, 9.17) is 0 Å². The quantitative estimate of drug-likeness (QED) is 0.821. The van der Waals surface area contributed by atoms with Gasteiger partial charge in [-0.3, -0.25) is 9.78 Å². The number of rotatable bonds is 4. The second kappa shape index (κ2) is 5.77. The van der Waals surface area contributed by atoms with Crippen molar-refractivity contribution in [1.29, 1.82) is 0 Å². The number of amides is 1. The molecule has 0 aliphatic heterocycles. The molecule has 92 valence electrons. The van der Waals surface area contributed by atoms with Crippen LogP contribution < -0.4 is 10.6 Å². The molecule has 1 atom stereocenters. The summed E-state index contributed by atoms with van der Waals surface area (Å²) in [5, 5.41) is 6.08. The maximum atomic E-state index is 11.4. The highest BCUT2D eigenvalue weighted by Gasteiger charge is 2.21. The van der Waals surface area contributed by atoms with Crippen molar-refractivity contribution in [3.05, 3.63) is 29.6 Å². The van der Waals surface area contributed by atoms with Gasteiger partial charge in [-0.15, -0.1) is 0 Å². The van der Waals surface area contributed by atoms with E-state index in [0.717, 1.165) is 25.0 Å². The van der Waals surface area contributed by atoms with Crippen molar-refractivity contribution in [2.24, 2.45) is 0 Å². The average molecular weight is 233 g/mol. The van der Waals surface area contributed by atoms with Crippen LogP contribution in [0.4, 0.5) is 0 Å². The summed E-state index contributed by atoms with van der Waals surface area (Å²) in [6, 6.07) is 4.33. The largest absolute Gasteiger partial charge is 0.355 e. The van der Waals surface area contributed by atoms with E-state index < -0.39 is 0 Å². The number of aromatic nitrogens is 1. The number of carbonyl (C=O) groups is 1. The molecule has 17 heavy (non-hydrogen) atoms. The number of nitrogens with zero attached hydrogens (tertiary/aromatic N) is 1. The number of likely N-dealkylation sites (N-methyl/N-ethyl adjacent to an activating group) is 1. The summed E-state index contributed by atoms with van der Waals surface area (Å²) in [7, 11) is 0. The molecule has 4 nitrogen and oxygen atoms in total. The molecule has 1 aliphatic carbocycles. The molecule has 1 unspecified atom stereocenters. The van der Waals surface area contributed by atoms with Crippen LogP contribution in [0.25, 0.3) is 0 Å². The van der Waals surface area contributed by atoms with Gasteiger partial charge in [0.25, 0.3) is 0 Å². The molecule has 0 saturated carbocycles. The number of aryl methyl sites for hydroxylation is 1. The fourth-order valence-corrected chi connectivity index (χ4v) is 2.28. The van der Waals surface area contributed by atoms with Crippen molar-refractivity contribution in [2.45, 2.75) is 32.2 Å². The van der Waals surface area contributed by atoms with Crippen LogP contribution in [0.15, 0.2) is 18.3 Å². The van der Waals surface area contributed by atoms with E-state index in [0.29, 0.717) is 13.1 Å². The first kappa shape index (κ1) is 12.0.